The van der Waals surface area contributed by atoms with E-state index < -0.39 is 35.7 Å². The molecule has 0 saturated carbocycles. The van der Waals surface area contributed by atoms with Gasteiger partial charge in [0.15, 0.2) is 11.6 Å². The van der Waals surface area contributed by atoms with Crippen molar-refractivity contribution in [3.8, 4) is 0 Å². The number of alkyl halides is 3. The van der Waals surface area contributed by atoms with Crippen molar-refractivity contribution in [1.29, 1.82) is 0 Å². The van der Waals surface area contributed by atoms with Crippen molar-refractivity contribution in [2.75, 3.05) is 49.5 Å². The summed E-state index contributed by atoms with van der Waals surface area (Å²) in [5.74, 6) is -3.17. The molecule has 2 fully saturated rings. The number of piperidine rings is 1. The zero-order chi connectivity index (χ0) is 32.7. The number of nitrogens with one attached hydrogen (secondary N) is 3. The van der Waals surface area contributed by atoms with Crippen LogP contribution in [-0.4, -0.2) is 68.2 Å². The van der Waals surface area contributed by atoms with Crippen LogP contribution in [0.3, 0.4) is 0 Å². The van der Waals surface area contributed by atoms with E-state index in [-0.39, 0.29) is 42.4 Å². The van der Waals surface area contributed by atoms with Crippen LogP contribution in [0.5, 0.6) is 0 Å². The Morgan fingerprint density at radius 1 is 1.07 bits per heavy atom. The van der Waals surface area contributed by atoms with Gasteiger partial charge < -0.3 is 20.9 Å². The monoisotopic (exact) mass is 657 g/mol. The number of piperazine rings is 1. The predicted octanol–water partition coefficient (Wildman–Crippen LogP) is 6.37. The van der Waals surface area contributed by atoms with E-state index in [0.717, 1.165) is 25.9 Å². The number of hydrogen-bond donors (Lipinski definition) is 3. The second-order valence-electron chi connectivity index (χ2n) is 12.3. The number of hydrogen-bond acceptors (Lipinski definition) is 5. The maximum Gasteiger partial charge on any atom is 0.390 e. The Labute approximate surface area is 265 Å². The van der Waals surface area contributed by atoms with Crippen molar-refractivity contribution in [1.82, 2.24) is 15.5 Å². The zero-order valence-corrected chi connectivity index (χ0v) is 26.3. The fourth-order valence-electron chi connectivity index (χ4n) is 6.02. The van der Waals surface area contributed by atoms with Gasteiger partial charge in [0.1, 0.15) is 0 Å². The average Bonchev–Trinajstić information content (AvgIpc) is 2.98. The van der Waals surface area contributed by atoms with Gasteiger partial charge in [-0.15, -0.1) is 0 Å². The molecule has 0 spiro atoms. The van der Waals surface area contributed by atoms with Gasteiger partial charge in [0.25, 0.3) is 5.91 Å². The number of benzene rings is 2. The van der Waals surface area contributed by atoms with Crippen LogP contribution in [0.1, 0.15) is 61.9 Å². The topological polar surface area (TPSA) is 76.7 Å². The van der Waals surface area contributed by atoms with E-state index in [0.29, 0.717) is 48.9 Å². The zero-order valence-electron chi connectivity index (χ0n) is 25.6. The Kier molecular flexibility index (Phi) is 12.1. The number of carbonyl (C=O) groups excluding carboxylic acids is 2. The standard InChI is InChI=1S/C32H41ClF5N5O2/c1-20(2)15-24-19-43(14-13-42(24)12-9-32(36,37)38)27-17-23(33)4-6-26(27)41-31(45)25-5-3-22(29(34)30(25)35)18-40-28(44)16-21-7-10-39-11-8-21/h3-6,17,20-21,24,39H,7-16,18-19H2,1-2H3,(H,40,44)(H,41,45)/t24-/m0/s1. The largest absolute Gasteiger partial charge is 0.390 e. The van der Waals surface area contributed by atoms with Crippen molar-refractivity contribution in [3.63, 3.8) is 0 Å². The van der Waals surface area contributed by atoms with Crippen LogP contribution in [0.25, 0.3) is 0 Å². The fraction of sp³-hybridized carbons (Fsp3) is 0.562. The highest BCUT2D eigenvalue weighted by Gasteiger charge is 2.33. The van der Waals surface area contributed by atoms with Gasteiger partial charge in [-0.1, -0.05) is 31.5 Å². The van der Waals surface area contributed by atoms with Crippen molar-refractivity contribution >= 4 is 34.8 Å². The Hall–Kier alpha value is -2.96. The minimum Gasteiger partial charge on any atom is -0.367 e. The van der Waals surface area contributed by atoms with E-state index in [1.165, 1.54) is 12.1 Å². The summed E-state index contributed by atoms with van der Waals surface area (Å²) in [4.78, 5) is 29.3. The molecule has 3 N–H and O–H groups in total. The van der Waals surface area contributed by atoms with Gasteiger partial charge in [-0.3, -0.25) is 14.5 Å². The molecule has 4 rings (SSSR count). The Bertz CT molecular complexity index is 1340. The molecular formula is C32H41ClF5N5O2. The van der Waals surface area contributed by atoms with Crippen LogP contribution >= 0.6 is 11.6 Å². The molecule has 45 heavy (non-hydrogen) atoms. The molecule has 0 aromatic heterocycles. The highest BCUT2D eigenvalue weighted by Crippen LogP contribution is 2.33. The minimum absolute atomic E-state index is 0.0746. The Balaban J connectivity index is 1.44. The molecule has 7 nitrogen and oxygen atoms in total. The predicted molar refractivity (Wildman–Crippen MR) is 166 cm³/mol. The molecule has 0 aliphatic carbocycles. The highest BCUT2D eigenvalue weighted by atomic mass is 35.5. The number of carbonyl (C=O) groups is 2. The van der Waals surface area contributed by atoms with Crippen LogP contribution in [-0.2, 0) is 11.3 Å². The van der Waals surface area contributed by atoms with Crippen LogP contribution in [0.4, 0.5) is 33.3 Å². The lowest BCUT2D eigenvalue weighted by Crippen LogP contribution is -2.54. The third-order valence-electron chi connectivity index (χ3n) is 8.40. The van der Waals surface area contributed by atoms with Gasteiger partial charge in [-0.05, 0) is 68.5 Å². The first-order valence-corrected chi connectivity index (χ1v) is 15.8. The number of rotatable bonds is 11. The summed E-state index contributed by atoms with van der Waals surface area (Å²) in [7, 11) is 0. The maximum absolute atomic E-state index is 15.1. The number of halogens is 6. The van der Waals surface area contributed by atoms with Gasteiger partial charge in [0.2, 0.25) is 5.91 Å². The fourth-order valence-corrected chi connectivity index (χ4v) is 6.19. The summed E-state index contributed by atoms with van der Waals surface area (Å²) in [5, 5.41) is 8.92. The number of amides is 2. The first kappa shape index (κ1) is 34.9. The van der Waals surface area contributed by atoms with Crippen LogP contribution in [0.2, 0.25) is 5.02 Å². The first-order valence-electron chi connectivity index (χ1n) is 15.4. The lowest BCUT2D eigenvalue weighted by molar-refractivity contribution is -0.139. The molecule has 0 unspecified atom stereocenters. The maximum atomic E-state index is 15.1. The molecule has 2 aromatic rings. The van der Waals surface area contributed by atoms with E-state index in [1.807, 2.05) is 23.6 Å². The average molecular weight is 658 g/mol. The molecule has 2 aromatic carbocycles. The smallest absolute Gasteiger partial charge is 0.367 e. The number of nitrogens with zero attached hydrogens (tertiary/aromatic N) is 2. The lowest BCUT2D eigenvalue weighted by Gasteiger charge is -2.43. The van der Waals surface area contributed by atoms with E-state index in [9.17, 15) is 27.2 Å². The molecule has 2 amide bonds. The minimum atomic E-state index is -4.25. The molecule has 2 heterocycles. The summed E-state index contributed by atoms with van der Waals surface area (Å²) in [6.07, 6.45) is -2.40. The van der Waals surface area contributed by atoms with Gasteiger partial charge in [0, 0.05) is 55.8 Å². The molecule has 0 bridgehead atoms. The van der Waals surface area contributed by atoms with E-state index in [4.69, 9.17) is 11.6 Å². The van der Waals surface area contributed by atoms with Crippen molar-refractivity contribution < 1.29 is 31.5 Å². The SMILES string of the molecule is CC(C)C[C@H]1CN(c2cc(Cl)ccc2NC(=O)c2ccc(CNC(=O)CC3CCNCC3)c(F)c2F)CCN1CCC(F)(F)F. The molecule has 2 aliphatic rings. The Morgan fingerprint density at radius 3 is 2.49 bits per heavy atom. The van der Waals surface area contributed by atoms with E-state index in [1.54, 1.807) is 18.2 Å². The highest BCUT2D eigenvalue weighted by molar-refractivity contribution is 6.31. The van der Waals surface area contributed by atoms with Gasteiger partial charge in [0.05, 0.1) is 23.4 Å². The molecular weight excluding hydrogens is 617 g/mol. The number of anilines is 2. The van der Waals surface area contributed by atoms with Crippen LogP contribution < -0.4 is 20.9 Å². The first-order chi connectivity index (χ1) is 21.3. The van der Waals surface area contributed by atoms with E-state index >= 15 is 4.39 Å². The molecule has 2 aliphatic heterocycles. The van der Waals surface area contributed by atoms with Crippen LogP contribution in [0, 0.1) is 23.5 Å². The van der Waals surface area contributed by atoms with Crippen molar-refractivity contribution in [2.24, 2.45) is 11.8 Å². The summed E-state index contributed by atoms with van der Waals surface area (Å²) < 4.78 is 69.0. The van der Waals surface area contributed by atoms with Crippen LogP contribution in [0.15, 0.2) is 30.3 Å². The third kappa shape index (κ3) is 10.0. The molecule has 2 saturated heterocycles. The third-order valence-corrected chi connectivity index (χ3v) is 8.63. The van der Waals surface area contributed by atoms with Gasteiger partial charge in [-0.25, -0.2) is 8.78 Å². The normalized spacial score (nSPS) is 18.3. The summed E-state index contributed by atoms with van der Waals surface area (Å²) in [6.45, 7) is 6.57. The van der Waals surface area contributed by atoms with E-state index in [2.05, 4.69) is 16.0 Å². The lowest BCUT2D eigenvalue weighted by atomic mass is 9.94. The summed E-state index contributed by atoms with van der Waals surface area (Å²) in [6, 6.07) is 7.04. The van der Waals surface area contributed by atoms with Crippen molar-refractivity contribution in [2.45, 2.75) is 64.7 Å². The van der Waals surface area contributed by atoms with Gasteiger partial charge in [-0.2, -0.15) is 13.2 Å². The molecule has 0 radical (unpaired) electrons. The second kappa shape index (κ2) is 15.6. The summed E-state index contributed by atoms with van der Waals surface area (Å²) >= 11 is 6.29. The molecule has 1 atom stereocenters. The quantitative estimate of drug-likeness (QED) is 0.245. The van der Waals surface area contributed by atoms with Crippen molar-refractivity contribution in [3.05, 3.63) is 58.1 Å². The molecule has 13 heteroatoms. The second-order valence-corrected chi connectivity index (χ2v) is 12.8. The Morgan fingerprint density at radius 2 is 1.80 bits per heavy atom. The summed E-state index contributed by atoms with van der Waals surface area (Å²) in [5.41, 5.74) is 0.266. The van der Waals surface area contributed by atoms with Gasteiger partial charge >= 0.3 is 6.18 Å². The molecule has 248 valence electrons.